The quantitative estimate of drug-likeness (QED) is 0.611. The summed E-state index contributed by atoms with van der Waals surface area (Å²) in [6.07, 6.45) is 7.75. The number of carbonyl (C=O) groups is 2. The van der Waals surface area contributed by atoms with E-state index in [4.69, 9.17) is 4.74 Å². The summed E-state index contributed by atoms with van der Waals surface area (Å²) in [5.41, 5.74) is 1.54. The molecule has 0 bridgehead atoms. The van der Waals surface area contributed by atoms with E-state index in [0.29, 0.717) is 13.0 Å². The van der Waals surface area contributed by atoms with Crippen molar-refractivity contribution in [1.29, 1.82) is 0 Å². The average molecular weight is 260 g/mol. The summed E-state index contributed by atoms with van der Waals surface area (Å²) in [4.78, 5) is 28.7. The first-order valence-electron chi connectivity index (χ1n) is 6.31. The molecule has 19 heavy (non-hydrogen) atoms. The highest BCUT2D eigenvalue weighted by atomic mass is 16.5. The number of hydrogen-bond donors (Lipinski definition) is 0. The van der Waals surface area contributed by atoms with E-state index in [0.717, 1.165) is 24.2 Å². The highest BCUT2D eigenvalue weighted by molar-refractivity contribution is 5.95. The second-order valence-electron chi connectivity index (χ2n) is 4.21. The summed E-state index contributed by atoms with van der Waals surface area (Å²) in [6.45, 7) is 2.84. The van der Waals surface area contributed by atoms with Crippen LogP contribution in [0.1, 0.15) is 25.3 Å². The van der Waals surface area contributed by atoms with Gasteiger partial charge in [0.15, 0.2) is 0 Å². The van der Waals surface area contributed by atoms with Crippen molar-refractivity contribution in [3.8, 4) is 0 Å². The molecule has 1 fully saturated rings. The van der Waals surface area contributed by atoms with Gasteiger partial charge in [0.1, 0.15) is 0 Å². The van der Waals surface area contributed by atoms with Gasteiger partial charge in [0.25, 0.3) is 0 Å². The Labute approximate surface area is 111 Å². The number of rotatable bonds is 4. The van der Waals surface area contributed by atoms with E-state index in [2.05, 4.69) is 4.98 Å². The first kappa shape index (κ1) is 13.3. The molecule has 0 atom stereocenters. The first-order chi connectivity index (χ1) is 9.20. The van der Waals surface area contributed by atoms with Gasteiger partial charge in [-0.05, 0) is 31.1 Å². The van der Waals surface area contributed by atoms with Crippen molar-refractivity contribution < 1.29 is 14.3 Å². The normalized spacial score (nSPS) is 15.2. The van der Waals surface area contributed by atoms with E-state index in [-0.39, 0.29) is 11.9 Å². The van der Waals surface area contributed by atoms with Crippen molar-refractivity contribution in [3.63, 3.8) is 0 Å². The van der Waals surface area contributed by atoms with Crippen molar-refractivity contribution in [2.45, 2.75) is 19.8 Å². The zero-order valence-corrected chi connectivity index (χ0v) is 10.8. The van der Waals surface area contributed by atoms with Gasteiger partial charge in [-0.1, -0.05) is 0 Å². The predicted octanol–water partition coefficient (Wildman–Crippen LogP) is 1.78. The Balaban J connectivity index is 2.11. The van der Waals surface area contributed by atoms with Crippen molar-refractivity contribution in [1.82, 2.24) is 4.98 Å². The molecule has 100 valence electrons. The molecular formula is C14H16N2O3. The van der Waals surface area contributed by atoms with Crippen LogP contribution in [0.25, 0.3) is 6.08 Å². The molecule has 1 amide bonds. The molecule has 1 aliphatic rings. The van der Waals surface area contributed by atoms with Crippen LogP contribution in [0.5, 0.6) is 0 Å². The lowest BCUT2D eigenvalue weighted by Gasteiger charge is -2.15. The van der Waals surface area contributed by atoms with Crippen molar-refractivity contribution in [3.05, 3.63) is 30.1 Å². The number of aromatic nitrogens is 1. The second kappa shape index (κ2) is 6.13. The van der Waals surface area contributed by atoms with Crippen LogP contribution >= 0.6 is 0 Å². The summed E-state index contributed by atoms with van der Waals surface area (Å²) in [7, 11) is 0. The first-order valence-corrected chi connectivity index (χ1v) is 6.31. The zero-order chi connectivity index (χ0) is 13.7. The van der Waals surface area contributed by atoms with Crippen LogP contribution in [-0.2, 0) is 14.3 Å². The van der Waals surface area contributed by atoms with Crippen LogP contribution in [0.3, 0.4) is 0 Å². The average Bonchev–Trinajstić information content (AvgIpc) is 2.83. The summed E-state index contributed by atoms with van der Waals surface area (Å²) in [5.74, 6) is -0.265. The SMILES string of the molecule is CCOC(=O)/C=C/c1cncc(N2CCCC2=O)c1. The van der Waals surface area contributed by atoms with Crippen LogP contribution < -0.4 is 4.90 Å². The van der Waals surface area contributed by atoms with Crippen LogP contribution in [0.4, 0.5) is 5.69 Å². The van der Waals surface area contributed by atoms with Gasteiger partial charge in [-0.2, -0.15) is 0 Å². The highest BCUT2D eigenvalue weighted by Gasteiger charge is 2.21. The Bertz CT molecular complexity index is 511. The van der Waals surface area contributed by atoms with E-state index < -0.39 is 0 Å². The van der Waals surface area contributed by atoms with Crippen molar-refractivity contribution in [2.75, 3.05) is 18.1 Å². The van der Waals surface area contributed by atoms with Crippen LogP contribution in [-0.4, -0.2) is 30.0 Å². The van der Waals surface area contributed by atoms with E-state index >= 15 is 0 Å². The molecule has 0 radical (unpaired) electrons. The Morgan fingerprint density at radius 2 is 2.37 bits per heavy atom. The van der Waals surface area contributed by atoms with Gasteiger partial charge < -0.3 is 9.64 Å². The molecule has 0 saturated carbocycles. The summed E-state index contributed by atoms with van der Waals surface area (Å²) < 4.78 is 4.80. The third kappa shape index (κ3) is 3.40. The number of nitrogens with zero attached hydrogens (tertiary/aromatic N) is 2. The van der Waals surface area contributed by atoms with Gasteiger partial charge in [-0.3, -0.25) is 9.78 Å². The number of hydrogen-bond acceptors (Lipinski definition) is 4. The molecule has 2 rings (SSSR count). The lowest BCUT2D eigenvalue weighted by Crippen LogP contribution is -2.23. The monoisotopic (exact) mass is 260 g/mol. The van der Waals surface area contributed by atoms with Gasteiger partial charge in [-0.15, -0.1) is 0 Å². The van der Waals surface area contributed by atoms with Crippen molar-refractivity contribution in [2.24, 2.45) is 0 Å². The van der Waals surface area contributed by atoms with Crippen LogP contribution in [0, 0.1) is 0 Å². The topological polar surface area (TPSA) is 59.5 Å². The van der Waals surface area contributed by atoms with E-state index in [1.807, 2.05) is 6.07 Å². The van der Waals surface area contributed by atoms with Gasteiger partial charge in [0.2, 0.25) is 5.91 Å². The van der Waals surface area contributed by atoms with Crippen LogP contribution in [0.2, 0.25) is 0 Å². The van der Waals surface area contributed by atoms with Gasteiger partial charge >= 0.3 is 5.97 Å². The Morgan fingerprint density at radius 1 is 1.53 bits per heavy atom. The molecule has 0 aromatic carbocycles. The highest BCUT2D eigenvalue weighted by Crippen LogP contribution is 2.21. The second-order valence-corrected chi connectivity index (χ2v) is 4.21. The molecule has 1 saturated heterocycles. The molecule has 0 unspecified atom stereocenters. The Hall–Kier alpha value is -2.17. The minimum absolute atomic E-state index is 0.119. The molecule has 5 heteroatoms. The molecule has 1 aromatic rings. The number of esters is 1. The molecule has 0 aliphatic carbocycles. The fraction of sp³-hybridized carbons (Fsp3) is 0.357. The zero-order valence-electron chi connectivity index (χ0n) is 10.8. The molecule has 1 aromatic heterocycles. The fourth-order valence-electron chi connectivity index (χ4n) is 1.96. The van der Waals surface area contributed by atoms with Gasteiger partial charge in [0.05, 0.1) is 18.5 Å². The summed E-state index contributed by atoms with van der Waals surface area (Å²) >= 11 is 0. The lowest BCUT2D eigenvalue weighted by atomic mass is 10.2. The largest absolute Gasteiger partial charge is 0.463 e. The number of pyridine rings is 1. The standard InChI is InChI=1S/C14H16N2O3/c1-2-19-14(18)6-5-11-8-12(10-15-9-11)16-7-3-4-13(16)17/h5-6,8-10H,2-4,7H2,1H3/b6-5+. The van der Waals surface area contributed by atoms with E-state index in [1.54, 1.807) is 30.3 Å². The van der Waals surface area contributed by atoms with Gasteiger partial charge in [-0.25, -0.2) is 4.79 Å². The molecule has 0 spiro atoms. The number of anilines is 1. The maximum atomic E-state index is 11.6. The molecule has 2 heterocycles. The molecular weight excluding hydrogens is 244 g/mol. The summed E-state index contributed by atoms with van der Waals surface area (Å²) in [5, 5.41) is 0. The minimum Gasteiger partial charge on any atom is -0.463 e. The lowest BCUT2D eigenvalue weighted by molar-refractivity contribution is -0.137. The smallest absolute Gasteiger partial charge is 0.330 e. The number of ether oxygens (including phenoxy) is 1. The minimum atomic E-state index is -0.384. The number of amides is 1. The van der Waals surface area contributed by atoms with E-state index in [9.17, 15) is 9.59 Å². The molecule has 5 nitrogen and oxygen atoms in total. The summed E-state index contributed by atoms with van der Waals surface area (Å²) in [6, 6.07) is 1.84. The van der Waals surface area contributed by atoms with Crippen molar-refractivity contribution >= 4 is 23.6 Å². The predicted molar refractivity (Wildman–Crippen MR) is 71.5 cm³/mol. The number of carbonyl (C=O) groups excluding carboxylic acids is 2. The third-order valence-electron chi connectivity index (χ3n) is 2.83. The van der Waals surface area contributed by atoms with Gasteiger partial charge in [0, 0.05) is 25.2 Å². The third-order valence-corrected chi connectivity index (χ3v) is 2.83. The fourth-order valence-corrected chi connectivity index (χ4v) is 1.96. The maximum absolute atomic E-state index is 11.6. The maximum Gasteiger partial charge on any atom is 0.330 e. The Kier molecular flexibility index (Phi) is 4.28. The molecule has 0 N–H and O–H groups in total. The molecule has 1 aliphatic heterocycles. The van der Waals surface area contributed by atoms with Crippen LogP contribution in [0.15, 0.2) is 24.5 Å². The van der Waals surface area contributed by atoms with E-state index in [1.165, 1.54) is 6.08 Å². The Morgan fingerprint density at radius 3 is 3.05 bits per heavy atom.